The number of methoxy groups -OCH3 is 2. The first kappa shape index (κ1) is 24.2. The standard InChI is InChI=1S/C22H26F3N3O3S/c1-4-15-7-5-6-10-28(15)20(29)13-32-21-26-16(12-19(27-21)22(23,24)25)14-8-9-17(30-2)18(11-14)31-3/h8-9,11-12,15H,4-7,10,13H2,1-3H3/t15-/m0/s1. The number of amides is 1. The van der Waals surface area contributed by atoms with Crippen LogP contribution in [0.2, 0.25) is 0 Å². The molecule has 1 saturated heterocycles. The van der Waals surface area contributed by atoms with Gasteiger partial charge in [0.1, 0.15) is 5.69 Å². The van der Waals surface area contributed by atoms with Gasteiger partial charge >= 0.3 is 6.18 Å². The van der Waals surface area contributed by atoms with Crippen molar-refractivity contribution < 1.29 is 27.4 Å². The van der Waals surface area contributed by atoms with E-state index in [4.69, 9.17) is 9.47 Å². The van der Waals surface area contributed by atoms with E-state index in [1.54, 1.807) is 18.2 Å². The molecule has 0 spiro atoms. The van der Waals surface area contributed by atoms with Crippen LogP contribution in [0.3, 0.4) is 0 Å². The molecule has 1 aromatic heterocycles. The molecule has 1 fully saturated rings. The molecular weight excluding hydrogens is 443 g/mol. The molecule has 0 N–H and O–H groups in total. The molecule has 174 valence electrons. The highest BCUT2D eigenvalue weighted by atomic mass is 32.2. The zero-order valence-corrected chi connectivity index (χ0v) is 19.1. The summed E-state index contributed by atoms with van der Waals surface area (Å²) in [5.74, 6) is 0.712. The molecule has 32 heavy (non-hydrogen) atoms. The largest absolute Gasteiger partial charge is 0.493 e. The molecule has 10 heteroatoms. The summed E-state index contributed by atoms with van der Waals surface area (Å²) in [6.45, 7) is 2.72. The first-order chi connectivity index (χ1) is 15.3. The number of halogens is 3. The summed E-state index contributed by atoms with van der Waals surface area (Å²) < 4.78 is 50.9. The molecule has 0 aliphatic carbocycles. The molecule has 2 aromatic rings. The monoisotopic (exact) mass is 469 g/mol. The molecular formula is C22H26F3N3O3S. The summed E-state index contributed by atoms with van der Waals surface area (Å²) in [6.07, 6.45) is -0.804. The lowest BCUT2D eigenvalue weighted by Gasteiger charge is -2.35. The Kier molecular flexibility index (Phi) is 7.86. The Morgan fingerprint density at radius 1 is 1.16 bits per heavy atom. The number of ether oxygens (including phenoxy) is 2. The van der Waals surface area contributed by atoms with Crippen LogP contribution in [0.15, 0.2) is 29.4 Å². The fraction of sp³-hybridized carbons (Fsp3) is 0.500. The van der Waals surface area contributed by atoms with Gasteiger partial charge in [0.25, 0.3) is 0 Å². The predicted octanol–water partition coefficient (Wildman–Crippen LogP) is 5.06. The number of alkyl halides is 3. The topological polar surface area (TPSA) is 64.6 Å². The normalized spacial score (nSPS) is 16.7. The van der Waals surface area contributed by atoms with Gasteiger partial charge in [0.05, 0.1) is 25.7 Å². The molecule has 0 unspecified atom stereocenters. The van der Waals surface area contributed by atoms with Gasteiger partial charge in [-0.15, -0.1) is 0 Å². The van der Waals surface area contributed by atoms with E-state index in [9.17, 15) is 18.0 Å². The smallest absolute Gasteiger partial charge is 0.433 e. The Balaban J connectivity index is 1.87. The molecule has 1 aliphatic heterocycles. The van der Waals surface area contributed by atoms with Gasteiger partial charge in [-0.25, -0.2) is 9.97 Å². The Hall–Kier alpha value is -2.49. The van der Waals surface area contributed by atoms with E-state index in [0.29, 0.717) is 23.6 Å². The molecule has 1 aliphatic rings. The van der Waals surface area contributed by atoms with Crippen LogP contribution in [0, 0.1) is 0 Å². The third-order valence-corrected chi connectivity index (χ3v) is 6.25. The molecule has 1 amide bonds. The third kappa shape index (κ3) is 5.65. The van der Waals surface area contributed by atoms with E-state index in [1.807, 2.05) is 11.8 Å². The van der Waals surface area contributed by atoms with Gasteiger partial charge in [-0.2, -0.15) is 13.2 Å². The van der Waals surface area contributed by atoms with Crippen molar-refractivity contribution in [1.29, 1.82) is 0 Å². The van der Waals surface area contributed by atoms with Crippen LogP contribution in [0.1, 0.15) is 38.3 Å². The van der Waals surface area contributed by atoms with Crippen molar-refractivity contribution in [2.24, 2.45) is 0 Å². The molecule has 3 rings (SSSR count). The summed E-state index contributed by atoms with van der Waals surface area (Å²) in [4.78, 5) is 22.5. The van der Waals surface area contributed by atoms with Crippen LogP contribution in [-0.2, 0) is 11.0 Å². The zero-order valence-electron chi connectivity index (χ0n) is 18.2. The van der Waals surface area contributed by atoms with Crippen LogP contribution in [-0.4, -0.2) is 53.3 Å². The van der Waals surface area contributed by atoms with Gasteiger partial charge in [-0.3, -0.25) is 4.79 Å². The van der Waals surface area contributed by atoms with Crippen molar-refractivity contribution in [1.82, 2.24) is 14.9 Å². The second kappa shape index (κ2) is 10.4. The molecule has 0 radical (unpaired) electrons. The molecule has 1 atom stereocenters. The number of likely N-dealkylation sites (tertiary alicyclic amines) is 1. The van der Waals surface area contributed by atoms with E-state index in [1.165, 1.54) is 14.2 Å². The highest BCUT2D eigenvalue weighted by molar-refractivity contribution is 7.99. The maximum atomic E-state index is 13.5. The van der Waals surface area contributed by atoms with E-state index in [2.05, 4.69) is 9.97 Å². The highest BCUT2D eigenvalue weighted by Crippen LogP contribution is 2.35. The third-order valence-electron chi connectivity index (χ3n) is 5.42. The predicted molar refractivity (Wildman–Crippen MR) is 116 cm³/mol. The summed E-state index contributed by atoms with van der Waals surface area (Å²) in [5, 5.41) is -0.0944. The summed E-state index contributed by atoms with van der Waals surface area (Å²) in [6, 6.07) is 5.83. The lowest BCUT2D eigenvalue weighted by atomic mass is 10.0. The number of aromatic nitrogens is 2. The van der Waals surface area contributed by atoms with Gasteiger partial charge in [0.15, 0.2) is 16.7 Å². The Bertz CT molecular complexity index is 956. The summed E-state index contributed by atoms with van der Waals surface area (Å²) in [5.41, 5.74) is -0.546. The van der Waals surface area contributed by atoms with E-state index >= 15 is 0 Å². The van der Waals surface area contributed by atoms with Crippen molar-refractivity contribution in [2.75, 3.05) is 26.5 Å². The van der Waals surface area contributed by atoms with Crippen LogP contribution in [0.5, 0.6) is 11.5 Å². The number of hydrogen-bond acceptors (Lipinski definition) is 6. The minimum atomic E-state index is -4.65. The van der Waals surface area contributed by atoms with E-state index in [-0.39, 0.29) is 28.6 Å². The number of hydrogen-bond donors (Lipinski definition) is 0. The van der Waals surface area contributed by atoms with Gasteiger partial charge in [-0.05, 0) is 49.9 Å². The SMILES string of the molecule is CC[C@H]1CCCCN1C(=O)CSc1nc(-c2ccc(OC)c(OC)c2)cc(C(F)(F)F)n1. The Morgan fingerprint density at radius 3 is 2.56 bits per heavy atom. The second-order valence-corrected chi connectivity index (χ2v) is 8.36. The average molecular weight is 470 g/mol. The number of carbonyl (C=O) groups excluding carboxylic acids is 1. The number of rotatable bonds is 7. The number of nitrogens with zero attached hydrogens (tertiary/aromatic N) is 3. The number of benzene rings is 1. The van der Waals surface area contributed by atoms with Crippen molar-refractivity contribution in [2.45, 2.75) is 50.0 Å². The fourth-order valence-corrected chi connectivity index (χ4v) is 4.49. The molecule has 6 nitrogen and oxygen atoms in total. The summed E-state index contributed by atoms with van der Waals surface area (Å²) in [7, 11) is 2.92. The maximum Gasteiger partial charge on any atom is 0.433 e. The van der Waals surface area contributed by atoms with E-state index < -0.39 is 11.9 Å². The fourth-order valence-electron chi connectivity index (χ4n) is 3.74. The zero-order chi connectivity index (χ0) is 23.3. The van der Waals surface area contributed by atoms with E-state index in [0.717, 1.165) is 43.5 Å². The van der Waals surface area contributed by atoms with Gasteiger partial charge < -0.3 is 14.4 Å². The van der Waals surface area contributed by atoms with Crippen LogP contribution < -0.4 is 9.47 Å². The molecule has 1 aromatic carbocycles. The lowest BCUT2D eigenvalue weighted by molar-refractivity contribution is -0.141. The number of piperidine rings is 1. The van der Waals surface area contributed by atoms with Crippen molar-refractivity contribution in [3.63, 3.8) is 0 Å². The van der Waals surface area contributed by atoms with Crippen LogP contribution in [0.4, 0.5) is 13.2 Å². The minimum Gasteiger partial charge on any atom is -0.493 e. The highest BCUT2D eigenvalue weighted by Gasteiger charge is 2.34. The summed E-state index contributed by atoms with van der Waals surface area (Å²) >= 11 is 0.922. The van der Waals surface area contributed by atoms with Gasteiger partial charge in [0, 0.05) is 18.2 Å². The van der Waals surface area contributed by atoms with Gasteiger partial charge in [0.2, 0.25) is 5.91 Å². The number of carbonyl (C=O) groups is 1. The minimum absolute atomic E-state index is 0.0107. The quantitative estimate of drug-likeness (QED) is 0.417. The number of thioether (sulfide) groups is 1. The molecule has 0 bridgehead atoms. The van der Waals surface area contributed by atoms with Crippen molar-refractivity contribution >= 4 is 17.7 Å². The molecule has 0 saturated carbocycles. The average Bonchev–Trinajstić information content (AvgIpc) is 2.81. The van der Waals surface area contributed by atoms with Gasteiger partial charge in [-0.1, -0.05) is 18.7 Å². The Morgan fingerprint density at radius 2 is 1.91 bits per heavy atom. The van der Waals surface area contributed by atoms with Crippen LogP contribution in [0.25, 0.3) is 11.3 Å². The van der Waals surface area contributed by atoms with Crippen molar-refractivity contribution in [3.8, 4) is 22.8 Å². The maximum absolute atomic E-state index is 13.5. The first-order valence-electron chi connectivity index (χ1n) is 10.4. The first-order valence-corrected chi connectivity index (χ1v) is 11.4. The Labute approximate surface area is 189 Å². The van der Waals surface area contributed by atoms with Crippen LogP contribution >= 0.6 is 11.8 Å². The second-order valence-electron chi connectivity index (χ2n) is 7.42. The van der Waals surface area contributed by atoms with Crippen molar-refractivity contribution in [3.05, 3.63) is 30.0 Å². The lowest BCUT2D eigenvalue weighted by Crippen LogP contribution is -2.44. The molecule has 2 heterocycles.